The van der Waals surface area contributed by atoms with Gasteiger partial charge in [-0.05, 0) is 55.5 Å². The fourth-order valence-electron chi connectivity index (χ4n) is 2.80. The molecule has 0 heterocycles. The highest BCUT2D eigenvalue weighted by Gasteiger charge is 2.18. The molecule has 2 amide bonds. The van der Waals surface area contributed by atoms with E-state index in [1.165, 1.54) is 50.4 Å². The molecule has 0 bridgehead atoms. The van der Waals surface area contributed by atoms with E-state index in [0.717, 1.165) is 18.2 Å². The summed E-state index contributed by atoms with van der Waals surface area (Å²) in [7, 11) is 1.38. The first-order valence-electron chi connectivity index (χ1n) is 9.55. The molecular weight excluding hydrogens is 461 g/mol. The van der Waals surface area contributed by atoms with Crippen LogP contribution in [0, 0.1) is 17.5 Å². The number of carbonyl (C=O) groups excluding carboxylic acids is 2. The van der Waals surface area contributed by atoms with Gasteiger partial charge in [0, 0.05) is 16.8 Å². The predicted octanol–water partition coefficient (Wildman–Crippen LogP) is 5.42. The van der Waals surface area contributed by atoms with Crippen molar-refractivity contribution >= 4 is 34.8 Å². The lowest BCUT2D eigenvalue weighted by Crippen LogP contribution is -2.30. The highest BCUT2D eigenvalue weighted by Crippen LogP contribution is 2.29. The van der Waals surface area contributed by atoms with Gasteiger partial charge in [0.15, 0.2) is 17.7 Å². The van der Waals surface area contributed by atoms with Gasteiger partial charge in [-0.25, -0.2) is 13.2 Å². The van der Waals surface area contributed by atoms with Gasteiger partial charge in [-0.15, -0.1) is 0 Å². The van der Waals surface area contributed by atoms with E-state index in [9.17, 15) is 22.8 Å². The summed E-state index contributed by atoms with van der Waals surface area (Å²) in [5.41, 5.74) is 0.210. The van der Waals surface area contributed by atoms with Gasteiger partial charge < -0.3 is 20.1 Å². The van der Waals surface area contributed by atoms with Crippen LogP contribution in [0.2, 0.25) is 5.02 Å². The number of hydrogen-bond donors (Lipinski definition) is 2. The normalized spacial score (nSPS) is 11.5. The van der Waals surface area contributed by atoms with Crippen LogP contribution in [-0.2, 0) is 4.79 Å². The maximum atomic E-state index is 14.1. The van der Waals surface area contributed by atoms with Gasteiger partial charge in [0.25, 0.3) is 11.8 Å². The molecule has 0 fully saturated rings. The number of halogens is 4. The largest absolute Gasteiger partial charge is 0.495 e. The molecule has 3 aromatic carbocycles. The van der Waals surface area contributed by atoms with Crippen molar-refractivity contribution in [3.05, 3.63) is 82.6 Å². The molecule has 0 aliphatic rings. The molecule has 0 radical (unpaired) electrons. The molecular formula is C23H18ClF3N2O4. The maximum Gasteiger partial charge on any atom is 0.265 e. The minimum atomic E-state index is -1.10. The lowest BCUT2D eigenvalue weighted by molar-refractivity contribution is -0.122. The Morgan fingerprint density at radius 1 is 0.909 bits per heavy atom. The van der Waals surface area contributed by atoms with Crippen molar-refractivity contribution in [2.45, 2.75) is 13.0 Å². The van der Waals surface area contributed by atoms with Crippen molar-refractivity contribution in [3.8, 4) is 11.5 Å². The third kappa shape index (κ3) is 5.95. The van der Waals surface area contributed by atoms with Crippen molar-refractivity contribution in [2.75, 3.05) is 17.7 Å². The van der Waals surface area contributed by atoms with Crippen LogP contribution in [-0.4, -0.2) is 25.0 Å². The number of ether oxygens (including phenoxy) is 2. The number of carbonyl (C=O) groups is 2. The number of rotatable bonds is 7. The summed E-state index contributed by atoms with van der Waals surface area (Å²) in [5.74, 6) is -4.04. The second kappa shape index (κ2) is 10.3. The predicted molar refractivity (Wildman–Crippen MR) is 117 cm³/mol. The number of benzene rings is 3. The molecule has 0 aliphatic heterocycles. The van der Waals surface area contributed by atoms with Crippen LogP contribution >= 0.6 is 11.6 Å². The fraction of sp³-hybridized carbons (Fsp3) is 0.130. The molecule has 33 heavy (non-hydrogen) atoms. The first-order chi connectivity index (χ1) is 15.7. The van der Waals surface area contributed by atoms with Crippen LogP contribution in [0.15, 0.2) is 54.6 Å². The molecule has 1 atom stereocenters. The first-order valence-corrected chi connectivity index (χ1v) is 9.92. The Balaban J connectivity index is 1.73. The summed E-state index contributed by atoms with van der Waals surface area (Å²) < 4.78 is 51.0. The highest BCUT2D eigenvalue weighted by molar-refractivity contribution is 6.30. The minimum Gasteiger partial charge on any atom is -0.495 e. The Morgan fingerprint density at radius 2 is 1.67 bits per heavy atom. The molecule has 3 rings (SSSR count). The summed E-state index contributed by atoms with van der Waals surface area (Å²) in [5, 5.41) is 5.25. The van der Waals surface area contributed by atoms with Crippen LogP contribution in [0.4, 0.5) is 24.5 Å². The lowest BCUT2D eigenvalue weighted by Gasteiger charge is -2.16. The molecule has 0 aliphatic carbocycles. The van der Waals surface area contributed by atoms with Crippen LogP contribution in [0.5, 0.6) is 11.5 Å². The SMILES string of the molecule is COc1ccc(NC(=O)C(C)Oc2ccc(F)c(F)c2)cc1NC(=O)c1ccc(Cl)cc1F. The molecule has 3 aromatic rings. The Morgan fingerprint density at radius 3 is 2.33 bits per heavy atom. The Bertz CT molecular complexity index is 1210. The van der Waals surface area contributed by atoms with E-state index in [4.69, 9.17) is 21.1 Å². The maximum absolute atomic E-state index is 14.1. The molecule has 0 spiro atoms. The summed E-state index contributed by atoms with van der Waals surface area (Å²) >= 11 is 5.71. The van der Waals surface area contributed by atoms with Gasteiger partial charge in [0.05, 0.1) is 18.4 Å². The number of amides is 2. The van der Waals surface area contributed by atoms with E-state index in [1.54, 1.807) is 0 Å². The zero-order valence-electron chi connectivity index (χ0n) is 17.4. The van der Waals surface area contributed by atoms with Crippen molar-refractivity contribution < 1.29 is 32.2 Å². The van der Waals surface area contributed by atoms with Gasteiger partial charge in [0.2, 0.25) is 0 Å². The third-order valence-corrected chi connectivity index (χ3v) is 4.70. The van der Waals surface area contributed by atoms with E-state index in [1.807, 2.05) is 0 Å². The smallest absolute Gasteiger partial charge is 0.265 e. The molecule has 6 nitrogen and oxygen atoms in total. The minimum absolute atomic E-state index is 0.0239. The van der Waals surface area contributed by atoms with Gasteiger partial charge >= 0.3 is 0 Å². The quantitative estimate of drug-likeness (QED) is 0.475. The van der Waals surface area contributed by atoms with Gasteiger partial charge in [-0.1, -0.05) is 11.6 Å². The number of methoxy groups -OCH3 is 1. The summed E-state index contributed by atoms with van der Waals surface area (Å²) in [4.78, 5) is 25.0. The second-order valence-corrected chi connectivity index (χ2v) is 7.26. The topological polar surface area (TPSA) is 76.7 Å². The Labute approximate surface area is 192 Å². The molecule has 0 saturated carbocycles. The van der Waals surface area contributed by atoms with Crippen molar-refractivity contribution in [1.29, 1.82) is 0 Å². The average molecular weight is 479 g/mol. The molecule has 0 aromatic heterocycles. The zero-order valence-corrected chi connectivity index (χ0v) is 18.2. The van der Waals surface area contributed by atoms with E-state index in [-0.39, 0.29) is 33.5 Å². The van der Waals surface area contributed by atoms with Crippen LogP contribution in [0.25, 0.3) is 0 Å². The Kier molecular flexibility index (Phi) is 7.44. The molecule has 1 unspecified atom stereocenters. The fourth-order valence-corrected chi connectivity index (χ4v) is 2.96. The van der Waals surface area contributed by atoms with Gasteiger partial charge in [-0.3, -0.25) is 9.59 Å². The summed E-state index contributed by atoms with van der Waals surface area (Å²) in [6.07, 6.45) is -1.06. The number of hydrogen-bond acceptors (Lipinski definition) is 4. The van der Waals surface area contributed by atoms with Gasteiger partial charge in [0.1, 0.15) is 17.3 Å². The van der Waals surface area contributed by atoms with Crippen LogP contribution < -0.4 is 20.1 Å². The zero-order chi connectivity index (χ0) is 24.1. The standard InChI is InChI=1S/C23H18ClF3N2O4/c1-12(33-15-5-7-17(25)19(27)11-15)22(30)28-14-4-8-21(32-2)20(10-14)29-23(31)16-6-3-13(24)9-18(16)26/h3-12H,1-2H3,(H,28,30)(H,29,31). The van der Waals surface area contributed by atoms with Crippen molar-refractivity contribution in [1.82, 2.24) is 0 Å². The van der Waals surface area contributed by atoms with Crippen molar-refractivity contribution in [2.24, 2.45) is 0 Å². The van der Waals surface area contributed by atoms with Crippen LogP contribution in [0.1, 0.15) is 17.3 Å². The first kappa shape index (κ1) is 23.9. The summed E-state index contributed by atoms with van der Waals surface area (Å²) in [6.45, 7) is 1.42. The molecule has 10 heteroatoms. The Hall–Kier alpha value is -3.72. The van der Waals surface area contributed by atoms with E-state index >= 15 is 0 Å². The van der Waals surface area contributed by atoms with Crippen molar-refractivity contribution in [3.63, 3.8) is 0 Å². The third-order valence-electron chi connectivity index (χ3n) is 4.46. The van der Waals surface area contributed by atoms with Crippen LogP contribution in [0.3, 0.4) is 0 Å². The van der Waals surface area contributed by atoms with E-state index in [2.05, 4.69) is 10.6 Å². The van der Waals surface area contributed by atoms with E-state index < -0.39 is 35.4 Å². The monoisotopic (exact) mass is 478 g/mol. The number of anilines is 2. The number of nitrogens with one attached hydrogen (secondary N) is 2. The van der Waals surface area contributed by atoms with E-state index in [0.29, 0.717) is 0 Å². The molecule has 2 N–H and O–H groups in total. The summed E-state index contributed by atoms with van der Waals surface area (Å²) in [6, 6.07) is 11.0. The molecule has 0 saturated heterocycles. The average Bonchev–Trinajstić information content (AvgIpc) is 2.76. The highest BCUT2D eigenvalue weighted by atomic mass is 35.5. The lowest BCUT2D eigenvalue weighted by atomic mass is 10.2. The van der Waals surface area contributed by atoms with Gasteiger partial charge in [-0.2, -0.15) is 0 Å². The second-order valence-electron chi connectivity index (χ2n) is 6.82. The molecule has 172 valence electrons.